The fourth-order valence-electron chi connectivity index (χ4n) is 13.0. The second-order valence-electron chi connectivity index (χ2n) is 22.9. The van der Waals surface area contributed by atoms with Crippen LogP contribution >= 0.6 is 39.5 Å². The summed E-state index contributed by atoms with van der Waals surface area (Å²) in [6, 6.07) is 120. The molecule has 0 amide bonds. The molecule has 0 saturated heterocycles. The summed E-state index contributed by atoms with van der Waals surface area (Å²) in [4.78, 5) is 18.9. The van der Waals surface area contributed by atoms with Gasteiger partial charge in [0.15, 0.2) is 0 Å². The maximum Gasteiger partial charge on any atom is 0.138 e. The summed E-state index contributed by atoms with van der Waals surface area (Å²) < 4.78 is 3.29. The van der Waals surface area contributed by atoms with E-state index in [0.717, 1.165) is 49.6 Å². The van der Waals surface area contributed by atoms with Crippen LogP contribution in [0.2, 0.25) is 0 Å². The number of hydrogen-bond donors (Lipinski definition) is 1. The van der Waals surface area contributed by atoms with Gasteiger partial charge in [-0.15, -0.1) is 0 Å². The molecule has 448 valence electrons. The molecule has 0 bridgehead atoms. The summed E-state index contributed by atoms with van der Waals surface area (Å²) in [7, 11) is 0. The molecule has 0 atom stereocenters. The highest BCUT2D eigenvalue weighted by Gasteiger charge is 2.30. The van der Waals surface area contributed by atoms with Crippen LogP contribution in [0, 0.1) is 0 Å². The molecule has 4 aromatic heterocycles. The second kappa shape index (κ2) is 26.9. The third-order valence-corrected chi connectivity index (χ3v) is 19.9. The fraction of sp³-hybridized carbons (Fsp3) is 0. The third-order valence-electron chi connectivity index (χ3n) is 17.2. The van der Waals surface area contributed by atoms with Gasteiger partial charge in [0.1, 0.15) is 10.4 Å². The molecule has 0 spiro atoms. The Labute approximate surface area is 581 Å². The largest absolute Gasteiger partial charge is 1.00 e. The number of halogens is 2. The summed E-state index contributed by atoms with van der Waals surface area (Å²) in [5.74, 6) is 0.897. The Morgan fingerprint density at radius 2 is 0.681 bits per heavy atom. The first-order chi connectivity index (χ1) is 46.1. The molecule has 2 aliphatic heterocycles. The minimum Gasteiger partial charge on any atom is -1.00 e. The Balaban J connectivity index is 0.000000129. The lowest BCUT2D eigenvalue weighted by molar-refractivity contribution is -0.0000174. The first kappa shape index (κ1) is 60.2. The lowest BCUT2D eigenvalue weighted by Gasteiger charge is -2.17. The highest BCUT2D eigenvalue weighted by molar-refractivity contribution is 9.10. The lowest BCUT2D eigenvalue weighted by Crippen LogP contribution is -3.00. The van der Waals surface area contributed by atoms with Gasteiger partial charge in [0.25, 0.3) is 0 Å². The van der Waals surface area contributed by atoms with Crippen LogP contribution in [0.5, 0.6) is 0 Å². The van der Waals surface area contributed by atoms with Gasteiger partial charge in [-0.1, -0.05) is 315 Å². The first-order valence-electron chi connectivity index (χ1n) is 31.1. The van der Waals surface area contributed by atoms with Crippen molar-refractivity contribution < 1.29 is 24.0 Å². The number of H-pyrrole nitrogens is 1. The minimum atomic E-state index is 0. The third kappa shape index (κ3) is 11.7. The van der Waals surface area contributed by atoms with E-state index in [0.29, 0.717) is 0 Å². The number of aromatic nitrogens is 4. The van der Waals surface area contributed by atoms with Gasteiger partial charge in [0.2, 0.25) is 0 Å². The number of rotatable bonds is 7. The molecule has 0 unspecified atom stereocenters. The van der Waals surface area contributed by atoms with E-state index in [1.54, 1.807) is 0 Å². The molecule has 1 N–H and O–H groups in total. The summed E-state index contributed by atoms with van der Waals surface area (Å²) in [6.45, 7) is 0. The topological polar surface area (TPSA) is 46.5 Å². The van der Waals surface area contributed by atoms with Crippen LogP contribution < -0.4 is 24.0 Å². The van der Waals surface area contributed by atoms with Gasteiger partial charge in [-0.25, -0.2) is 9.97 Å². The molecule has 0 fully saturated rings. The van der Waals surface area contributed by atoms with E-state index < -0.39 is 0 Å². The van der Waals surface area contributed by atoms with E-state index in [9.17, 15) is 0 Å². The van der Waals surface area contributed by atoms with Crippen molar-refractivity contribution in [2.24, 2.45) is 0 Å². The molecule has 94 heavy (non-hydrogen) atoms. The molecular weight excluding hydrogens is 1360 g/mol. The van der Waals surface area contributed by atoms with E-state index in [-0.39, 0.29) is 24.0 Å². The van der Waals surface area contributed by atoms with Crippen molar-refractivity contribution in [1.29, 1.82) is 0 Å². The van der Waals surface area contributed by atoms with Crippen molar-refractivity contribution in [3.63, 3.8) is 0 Å². The molecular formula is C86H57BrIN4S2-. The molecule has 0 aliphatic carbocycles. The lowest BCUT2D eigenvalue weighted by atomic mass is 9.96. The number of para-hydroxylation sites is 2. The van der Waals surface area contributed by atoms with E-state index in [4.69, 9.17) is 4.98 Å². The Kier molecular flexibility index (Phi) is 17.2. The molecule has 18 rings (SSSR count). The van der Waals surface area contributed by atoms with Gasteiger partial charge in [-0.2, -0.15) is 0 Å². The van der Waals surface area contributed by atoms with Gasteiger partial charge in [-0.3, -0.25) is 4.57 Å². The van der Waals surface area contributed by atoms with E-state index >= 15 is 0 Å². The maximum absolute atomic E-state index is 5.48. The Morgan fingerprint density at radius 1 is 0.298 bits per heavy atom. The smallest absolute Gasteiger partial charge is 0.138 e. The van der Waals surface area contributed by atoms with Crippen LogP contribution in [-0.2, 0) is 0 Å². The molecule has 4 nitrogen and oxygen atoms in total. The number of nitrogens with zero attached hydrogens (tertiary/aromatic N) is 3. The number of benzene rings is 12. The van der Waals surface area contributed by atoms with Gasteiger partial charge >= 0.3 is 0 Å². The first-order valence-corrected chi connectivity index (χ1v) is 33.6. The van der Waals surface area contributed by atoms with Gasteiger partial charge < -0.3 is 29.0 Å². The maximum atomic E-state index is 5.48. The fourth-order valence-corrected chi connectivity index (χ4v) is 15.6. The number of nitrogens with one attached hydrogen (secondary N) is 1. The Bertz CT molecular complexity index is 5270. The number of aromatic amines is 1. The second-order valence-corrected chi connectivity index (χ2v) is 25.9. The monoisotopic (exact) mass is 1420 g/mol. The van der Waals surface area contributed by atoms with Crippen LogP contribution in [0.1, 0.15) is 0 Å². The highest BCUT2D eigenvalue weighted by Crippen LogP contribution is 2.55. The van der Waals surface area contributed by atoms with Crippen molar-refractivity contribution in [1.82, 2.24) is 19.5 Å². The van der Waals surface area contributed by atoms with Crippen molar-refractivity contribution >= 4 is 61.3 Å². The van der Waals surface area contributed by atoms with Crippen LogP contribution in [0.25, 0.3) is 139 Å². The zero-order chi connectivity index (χ0) is 62.0. The summed E-state index contributed by atoms with van der Waals surface area (Å²) in [5, 5.41) is 2.50. The van der Waals surface area contributed by atoms with Crippen LogP contribution in [-0.4, -0.2) is 19.5 Å². The van der Waals surface area contributed by atoms with Gasteiger partial charge in [0, 0.05) is 74.9 Å². The van der Waals surface area contributed by atoms with E-state index in [1.807, 2.05) is 66.0 Å². The van der Waals surface area contributed by atoms with Crippen molar-refractivity contribution in [2.75, 3.05) is 0 Å². The van der Waals surface area contributed by atoms with Crippen LogP contribution in [0.4, 0.5) is 0 Å². The normalized spacial score (nSPS) is 11.5. The van der Waals surface area contributed by atoms with Gasteiger partial charge in [0.05, 0.1) is 33.8 Å². The Morgan fingerprint density at radius 3 is 1.22 bits per heavy atom. The average molecular weight is 1420 g/mol. The molecule has 8 heteroatoms. The zero-order valence-corrected chi connectivity index (χ0v) is 56.1. The number of fused-ring (bicyclic) bond motifs is 14. The molecule has 12 aromatic carbocycles. The summed E-state index contributed by atoms with van der Waals surface area (Å²) in [6.07, 6.45) is 0. The Hall–Kier alpha value is -10.1. The predicted molar refractivity (Wildman–Crippen MR) is 394 cm³/mol. The summed E-state index contributed by atoms with van der Waals surface area (Å²) >= 11 is 7.19. The SMILES string of the molecule is Brc1cc(-c2ccccc2)cc(-c2ccccc2)n1.[I-].c1ccc(-c2cc(-c3ccccc3)nc(-n3c4c(c5cccc(-c6ccccc6)c53)-c3ccccc3Sc3ccccc3-4)c2)cc1.c1ccc(-c2cccc3c4c([nH]c23)-c2ccccc2Sc2ccccc2-4)cc1. The van der Waals surface area contributed by atoms with E-state index in [2.05, 4.69) is 328 Å². The van der Waals surface area contributed by atoms with Crippen LogP contribution in [0.15, 0.2) is 364 Å². The zero-order valence-electron chi connectivity index (χ0n) is 50.7. The number of pyridine rings is 2. The highest BCUT2D eigenvalue weighted by atomic mass is 127. The number of hydrogen-bond acceptors (Lipinski definition) is 4. The standard InChI is InChI=1S/C43H28N2S.C26H17NS.C17H12BrN.HI/c1-4-15-29(16-5-1)32-27-37(31-19-8-3-9-20-31)44-40(28-32)45-42-33(30-17-6-2-7-18-30)23-14-24-36(42)41-34-21-10-12-25-38(34)46-39-26-13-11-22-35(39)43(41)45;1-2-9-17(10-3-1)18-13-8-14-21-24-19-11-4-6-15-22(19)28-23-16-7-5-12-20(23)26(24)27-25(18)21;18-17-12-15(13-7-3-1-4-8-13)11-16(19-17)14-9-5-2-6-10-14;/h1-28H;1-16,27H;1-12H;1H/p-1. The van der Waals surface area contributed by atoms with Crippen molar-refractivity contribution in [3.05, 3.63) is 344 Å². The van der Waals surface area contributed by atoms with Crippen molar-refractivity contribution in [3.8, 4) is 118 Å². The molecule has 0 saturated carbocycles. The molecule has 0 radical (unpaired) electrons. The molecule has 2 aliphatic rings. The predicted octanol–water partition coefficient (Wildman–Crippen LogP) is 21.6. The average Bonchev–Trinajstić information content (AvgIpc) is 1.58. The van der Waals surface area contributed by atoms with E-state index in [1.165, 1.54) is 114 Å². The summed E-state index contributed by atoms with van der Waals surface area (Å²) in [5.41, 5.74) is 26.0. The van der Waals surface area contributed by atoms with Crippen LogP contribution in [0.3, 0.4) is 0 Å². The van der Waals surface area contributed by atoms with Crippen molar-refractivity contribution in [2.45, 2.75) is 19.6 Å². The molecule has 16 aromatic rings. The van der Waals surface area contributed by atoms with Gasteiger partial charge in [-0.05, 0) is 109 Å². The molecule has 6 heterocycles. The minimum absolute atomic E-state index is 0. The quantitative estimate of drug-likeness (QED) is 0.128.